The molecule has 4 heterocycles. The molecule has 0 aliphatic carbocycles. The Hall–Kier alpha value is -2.38. The van der Waals surface area contributed by atoms with Crippen LogP contribution in [-0.4, -0.2) is 35.8 Å². The number of primary amides is 2. The molecule has 27 heavy (non-hydrogen) atoms. The summed E-state index contributed by atoms with van der Waals surface area (Å²) in [7, 11) is 0. The fraction of sp³-hybridized carbons (Fsp3) is 0.400. The van der Waals surface area contributed by atoms with Crippen LogP contribution in [0.15, 0.2) is 30.3 Å². The van der Waals surface area contributed by atoms with Gasteiger partial charge in [0.15, 0.2) is 5.06 Å². The Labute approximate surface area is 162 Å². The number of thiophene rings is 1. The van der Waals surface area contributed by atoms with Gasteiger partial charge in [0, 0.05) is 17.5 Å². The van der Waals surface area contributed by atoms with E-state index in [1.54, 1.807) is 24.3 Å². The topological polar surface area (TPSA) is 98.6 Å². The van der Waals surface area contributed by atoms with Crippen molar-refractivity contribution in [2.75, 3.05) is 13.1 Å². The third kappa shape index (κ3) is 3.33. The molecular formula is C20H23N3O3S. The van der Waals surface area contributed by atoms with E-state index in [2.05, 4.69) is 11.8 Å². The molecule has 2 amide bonds. The highest BCUT2D eigenvalue weighted by atomic mass is 32.1. The van der Waals surface area contributed by atoms with Crippen molar-refractivity contribution in [3.63, 3.8) is 0 Å². The highest BCUT2D eigenvalue weighted by molar-refractivity contribution is 7.16. The zero-order chi connectivity index (χ0) is 19.1. The van der Waals surface area contributed by atoms with E-state index in [0.29, 0.717) is 39.1 Å². The van der Waals surface area contributed by atoms with Crippen LogP contribution in [0.5, 0.6) is 10.8 Å². The molecule has 0 saturated carbocycles. The van der Waals surface area contributed by atoms with Crippen LogP contribution in [0.1, 0.15) is 51.3 Å². The lowest BCUT2D eigenvalue weighted by Gasteiger charge is -2.50. The minimum atomic E-state index is -0.508. The number of rotatable bonds is 5. The summed E-state index contributed by atoms with van der Waals surface area (Å²) >= 11 is 1.27. The van der Waals surface area contributed by atoms with Crippen LogP contribution in [0.25, 0.3) is 0 Å². The lowest BCUT2D eigenvalue weighted by atomic mass is 9.71. The molecule has 5 rings (SSSR count). The van der Waals surface area contributed by atoms with Crippen molar-refractivity contribution >= 4 is 23.2 Å². The van der Waals surface area contributed by atoms with Crippen LogP contribution in [0.2, 0.25) is 0 Å². The number of ether oxygens (including phenoxy) is 1. The Kier molecular flexibility index (Phi) is 4.65. The van der Waals surface area contributed by atoms with E-state index in [0.717, 1.165) is 31.5 Å². The number of carbonyl (C=O) groups excluding carboxylic acids is 2. The van der Waals surface area contributed by atoms with Gasteiger partial charge in [0.1, 0.15) is 5.75 Å². The van der Waals surface area contributed by atoms with Gasteiger partial charge in [-0.05, 0) is 68.6 Å². The first-order chi connectivity index (χ1) is 12.9. The normalized spacial score (nSPS) is 26.7. The standard InChI is InChI=1S/C20H23N3O3S/c1-11-17(12-5-7-23(11)8-6-12)15-10-16(27-18(15)20(22)25)26-14-4-2-3-13(9-14)19(21)24/h2-4,9-12,17H,5-8H2,1H3,(H2,21,24)(H2,22,25)/t11-,17+/m0/s1. The first-order valence-corrected chi connectivity index (χ1v) is 10.0. The summed E-state index contributed by atoms with van der Waals surface area (Å²) in [4.78, 5) is 26.5. The van der Waals surface area contributed by atoms with Gasteiger partial charge in [-0.15, -0.1) is 0 Å². The predicted octanol–water partition coefficient (Wildman–Crippen LogP) is 2.94. The van der Waals surface area contributed by atoms with Gasteiger partial charge < -0.3 is 21.1 Å². The minimum Gasteiger partial charge on any atom is -0.447 e. The van der Waals surface area contributed by atoms with E-state index in [9.17, 15) is 9.59 Å². The summed E-state index contributed by atoms with van der Waals surface area (Å²) in [6, 6.07) is 9.05. The van der Waals surface area contributed by atoms with Crippen LogP contribution in [0.3, 0.4) is 0 Å². The largest absolute Gasteiger partial charge is 0.447 e. The molecule has 4 N–H and O–H groups in total. The average Bonchev–Trinajstić information content (AvgIpc) is 3.06. The molecule has 142 valence electrons. The lowest BCUT2D eigenvalue weighted by molar-refractivity contribution is 0.0348. The Balaban J connectivity index is 1.66. The van der Waals surface area contributed by atoms with Gasteiger partial charge in [0.25, 0.3) is 5.91 Å². The number of hydrogen-bond donors (Lipinski definition) is 2. The van der Waals surface area contributed by atoms with E-state index in [4.69, 9.17) is 16.2 Å². The summed E-state index contributed by atoms with van der Waals surface area (Å²) in [5.74, 6) is 0.451. The molecule has 0 unspecified atom stereocenters. The van der Waals surface area contributed by atoms with Crippen molar-refractivity contribution in [2.24, 2.45) is 17.4 Å². The number of nitrogens with two attached hydrogens (primary N) is 2. The van der Waals surface area contributed by atoms with E-state index in [1.807, 2.05) is 6.07 Å². The first kappa shape index (κ1) is 18.0. The molecule has 3 fully saturated rings. The molecule has 2 bridgehead atoms. The highest BCUT2D eigenvalue weighted by Crippen LogP contribution is 2.47. The van der Waals surface area contributed by atoms with Gasteiger partial charge in [-0.2, -0.15) is 0 Å². The number of fused-ring (bicyclic) bond motifs is 3. The molecule has 3 saturated heterocycles. The molecule has 6 nitrogen and oxygen atoms in total. The van der Waals surface area contributed by atoms with Crippen molar-refractivity contribution in [1.29, 1.82) is 0 Å². The average molecular weight is 385 g/mol. The van der Waals surface area contributed by atoms with Gasteiger partial charge >= 0.3 is 0 Å². The molecule has 2 aromatic rings. The molecule has 3 aliphatic rings. The van der Waals surface area contributed by atoms with E-state index >= 15 is 0 Å². The van der Waals surface area contributed by atoms with Gasteiger partial charge in [0.2, 0.25) is 5.91 Å². The third-order valence-electron chi connectivity index (χ3n) is 5.84. The summed E-state index contributed by atoms with van der Waals surface area (Å²) < 4.78 is 5.94. The number of hydrogen-bond acceptors (Lipinski definition) is 5. The molecule has 7 heteroatoms. The fourth-order valence-electron chi connectivity index (χ4n) is 4.52. The van der Waals surface area contributed by atoms with Crippen LogP contribution >= 0.6 is 11.3 Å². The number of benzene rings is 1. The van der Waals surface area contributed by atoms with Gasteiger partial charge in [0.05, 0.1) is 4.88 Å². The summed E-state index contributed by atoms with van der Waals surface area (Å²) in [5, 5.41) is 0.601. The zero-order valence-corrected chi connectivity index (χ0v) is 16.0. The summed E-state index contributed by atoms with van der Waals surface area (Å²) in [6.45, 7) is 4.48. The Morgan fingerprint density at radius 2 is 1.89 bits per heavy atom. The maximum absolute atomic E-state index is 12.1. The monoisotopic (exact) mass is 385 g/mol. The number of amides is 2. The smallest absolute Gasteiger partial charge is 0.259 e. The SMILES string of the molecule is C[C@H]1[C@@H](c2cc(Oc3cccc(C(N)=O)c3)sc2C(N)=O)C2CCN1CC2. The molecular weight excluding hydrogens is 362 g/mol. The minimum absolute atomic E-state index is 0.292. The molecule has 2 atom stereocenters. The predicted molar refractivity (Wildman–Crippen MR) is 104 cm³/mol. The van der Waals surface area contributed by atoms with E-state index in [1.165, 1.54) is 11.3 Å². The van der Waals surface area contributed by atoms with Crippen LogP contribution in [-0.2, 0) is 0 Å². The first-order valence-electron chi connectivity index (χ1n) is 9.19. The van der Waals surface area contributed by atoms with Crippen molar-refractivity contribution in [3.05, 3.63) is 46.3 Å². The van der Waals surface area contributed by atoms with Crippen molar-refractivity contribution in [2.45, 2.75) is 31.7 Å². The maximum atomic E-state index is 12.1. The second kappa shape index (κ2) is 6.98. The molecule has 1 aromatic carbocycles. The number of nitrogens with zero attached hydrogens (tertiary/aromatic N) is 1. The van der Waals surface area contributed by atoms with Crippen molar-refractivity contribution in [3.8, 4) is 10.8 Å². The lowest BCUT2D eigenvalue weighted by Crippen LogP contribution is -2.52. The third-order valence-corrected chi connectivity index (χ3v) is 6.88. The van der Waals surface area contributed by atoms with Crippen molar-refractivity contribution < 1.29 is 14.3 Å². The Bertz CT molecular complexity index is 884. The van der Waals surface area contributed by atoms with E-state index in [-0.39, 0.29) is 0 Å². The highest BCUT2D eigenvalue weighted by Gasteiger charge is 2.42. The van der Waals surface area contributed by atoms with Crippen molar-refractivity contribution in [1.82, 2.24) is 4.90 Å². The molecule has 1 aromatic heterocycles. The molecule has 0 radical (unpaired) electrons. The van der Waals surface area contributed by atoms with Gasteiger partial charge in [-0.3, -0.25) is 9.59 Å². The van der Waals surface area contributed by atoms with Gasteiger partial charge in [-0.25, -0.2) is 0 Å². The van der Waals surface area contributed by atoms with Crippen LogP contribution < -0.4 is 16.2 Å². The quantitative estimate of drug-likeness (QED) is 0.827. The Morgan fingerprint density at radius 1 is 1.15 bits per heavy atom. The molecule has 0 spiro atoms. The number of carbonyl (C=O) groups is 2. The summed E-state index contributed by atoms with van der Waals surface area (Å²) in [6.07, 6.45) is 2.31. The van der Waals surface area contributed by atoms with Crippen LogP contribution in [0, 0.1) is 5.92 Å². The maximum Gasteiger partial charge on any atom is 0.259 e. The summed E-state index contributed by atoms with van der Waals surface area (Å²) in [5.41, 5.74) is 12.4. The second-order valence-electron chi connectivity index (χ2n) is 7.35. The fourth-order valence-corrected chi connectivity index (χ4v) is 5.46. The van der Waals surface area contributed by atoms with Gasteiger partial charge in [-0.1, -0.05) is 17.4 Å². The second-order valence-corrected chi connectivity index (χ2v) is 8.36. The number of piperidine rings is 3. The zero-order valence-electron chi connectivity index (χ0n) is 15.2. The Morgan fingerprint density at radius 3 is 2.52 bits per heavy atom. The van der Waals surface area contributed by atoms with Crippen LogP contribution in [0.4, 0.5) is 0 Å². The van der Waals surface area contributed by atoms with E-state index < -0.39 is 11.8 Å². The molecule has 3 aliphatic heterocycles.